The van der Waals surface area contributed by atoms with Gasteiger partial charge >= 0.3 is 5.97 Å². The van der Waals surface area contributed by atoms with E-state index in [0.717, 1.165) is 24.0 Å². The zero-order valence-electron chi connectivity index (χ0n) is 8.62. The minimum absolute atomic E-state index is 0.143. The molecule has 0 spiro atoms. The highest BCUT2D eigenvalue weighted by atomic mass is 16.5. The number of esters is 1. The molecular formula is C13H12O2. The van der Waals surface area contributed by atoms with Crippen molar-refractivity contribution < 1.29 is 9.53 Å². The van der Waals surface area contributed by atoms with Gasteiger partial charge in [-0.2, -0.15) is 0 Å². The number of benzene rings is 1. The third kappa shape index (κ3) is 1.50. The quantitative estimate of drug-likeness (QED) is 0.538. The first-order chi connectivity index (χ1) is 7.23. The van der Waals surface area contributed by atoms with Crippen molar-refractivity contribution in [3.63, 3.8) is 0 Å². The molecule has 2 nitrogen and oxygen atoms in total. The van der Waals surface area contributed by atoms with E-state index in [-0.39, 0.29) is 11.4 Å². The summed E-state index contributed by atoms with van der Waals surface area (Å²) in [6.07, 6.45) is 7.01. The van der Waals surface area contributed by atoms with E-state index in [1.807, 2.05) is 24.3 Å². The minimum atomic E-state index is -0.387. The fraction of sp³-hybridized carbons (Fsp3) is 0.308. The number of terminal acetylenes is 1. The van der Waals surface area contributed by atoms with Crippen LogP contribution in [0.2, 0.25) is 0 Å². The second-order valence-corrected chi connectivity index (χ2v) is 3.80. The summed E-state index contributed by atoms with van der Waals surface area (Å²) in [7, 11) is 1.43. The molecule has 0 amide bonds. The lowest BCUT2D eigenvalue weighted by molar-refractivity contribution is -0.143. The van der Waals surface area contributed by atoms with E-state index < -0.39 is 0 Å². The van der Waals surface area contributed by atoms with Crippen molar-refractivity contribution in [2.75, 3.05) is 7.11 Å². The van der Waals surface area contributed by atoms with Crippen molar-refractivity contribution in [3.05, 3.63) is 35.4 Å². The molecule has 15 heavy (non-hydrogen) atoms. The van der Waals surface area contributed by atoms with Gasteiger partial charge in [-0.05, 0) is 30.5 Å². The van der Waals surface area contributed by atoms with Gasteiger partial charge in [0.25, 0.3) is 0 Å². The zero-order valence-corrected chi connectivity index (χ0v) is 8.62. The summed E-state index contributed by atoms with van der Waals surface area (Å²) in [5.74, 6) is 2.41. The molecule has 1 aromatic carbocycles. The Morgan fingerprint density at radius 1 is 1.40 bits per heavy atom. The van der Waals surface area contributed by atoms with Crippen LogP contribution in [0.15, 0.2) is 24.3 Å². The van der Waals surface area contributed by atoms with Crippen LogP contribution in [-0.4, -0.2) is 13.1 Å². The van der Waals surface area contributed by atoms with E-state index in [2.05, 4.69) is 5.92 Å². The van der Waals surface area contributed by atoms with Gasteiger partial charge in [0, 0.05) is 5.56 Å². The average molecular weight is 200 g/mol. The predicted molar refractivity (Wildman–Crippen MR) is 57.3 cm³/mol. The molecule has 0 aromatic heterocycles. The Morgan fingerprint density at radius 3 is 2.40 bits per heavy atom. The molecule has 0 aliphatic heterocycles. The van der Waals surface area contributed by atoms with Gasteiger partial charge in [-0.3, -0.25) is 4.79 Å². The molecule has 0 bridgehead atoms. The second-order valence-electron chi connectivity index (χ2n) is 3.80. The van der Waals surface area contributed by atoms with Crippen LogP contribution in [-0.2, 0) is 14.9 Å². The van der Waals surface area contributed by atoms with Crippen LogP contribution in [0.3, 0.4) is 0 Å². The Hall–Kier alpha value is -1.75. The number of rotatable bonds is 2. The van der Waals surface area contributed by atoms with Crippen molar-refractivity contribution in [2.45, 2.75) is 18.3 Å². The van der Waals surface area contributed by atoms with E-state index in [4.69, 9.17) is 11.2 Å². The third-order valence-corrected chi connectivity index (χ3v) is 2.93. The maximum absolute atomic E-state index is 11.6. The highest BCUT2D eigenvalue weighted by Crippen LogP contribution is 2.49. The van der Waals surface area contributed by atoms with Crippen molar-refractivity contribution in [1.82, 2.24) is 0 Å². The van der Waals surface area contributed by atoms with Crippen LogP contribution in [0.4, 0.5) is 0 Å². The van der Waals surface area contributed by atoms with Gasteiger partial charge in [-0.15, -0.1) is 6.42 Å². The van der Waals surface area contributed by atoms with Crippen LogP contribution < -0.4 is 0 Å². The van der Waals surface area contributed by atoms with E-state index in [0.29, 0.717) is 0 Å². The number of methoxy groups -OCH3 is 1. The van der Waals surface area contributed by atoms with E-state index in [1.165, 1.54) is 7.11 Å². The van der Waals surface area contributed by atoms with Gasteiger partial charge in [0.15, 0.2) is 0 Å². The summed E-state index contributed by atoms with van der Waals surface area (Å²) in [4.78, 5) is 11.6. The molecule has 0 atom stereocenters. The third-order valence-electron chi connectivity index (χ3n) is 2.93. The molecule has 0 unspecified atom stereocenters. The molecule has 0 radical (unpaired) electrons. The molecule has 1 aliphatic carbocycles. The lowest BCUT2D eigenvalue weighted by Gasteiger charge is -2.12. The van der Waals surface area contributed by atoms with Crippen LogP contribution in [0.1, 0.15) is 24.0 Å². The Labute approximate surface area is 89.3 Å². The smallest absolute Gasteiger partial charge is 0.316 e. The van der Waals surface area contributed by atoms with Crippen LogP contribution >= 0.6 is 0 Å². The minimum Gasteiger partial charge on any atom is -0.468 e. The maximum Gasteiger partial charge on any atom is 0.316 e. The van der Waals surface area contributed by atoms with Crippen molar-refractivity contribution in [1.29, 1.82) is 0 Å². The SMILES string of the molecule is C#Cc1ccc(C2(C(=O)OC)CC2)cc1. The van der Waals surface area contributed by atoms with E-state index in [1.54, 1.807) is 0 Å². The first-order valence-corrected chi connectivity index (χ1v) is 4.88. The van der Waals surface area contributed by atoms with Crippen molar-refractivity contribution in [3.8, 4) is 12.3 Å². The summed E-state index contributed by atoms with van der Waals surface area (Å²) in [5, 5.41) is 0. The summed E-state index contributed by atoms with van der Waals surface area (Å²) >= 11 is 0. The van der Waals surface area contributed by atoms with Crippen molar-refractivity contribution >= 4 is 5.97 Å². The van der Waals surface area contributed by atoms with Crippen LogP contribution in [0.25, 0.3) is 0 Å². The molecule has 0 heterocycles. The first kappa shape index (κ1) is 9.79. The topological polar surface area (TPSA) is 26.3 Å². The molecule has 0 saturated heterocycles. The van der Waals surface area contributed by atoms with Gasteiger partial charge in [-0.1, -0.05) is 18.1 Å². The second kappa shape index (κ2) is 3.43. The van der Waals surface area contributed by atoms with Gasteiger partial charge in [0.1, 0.15) is 0 Å². The molecule has 2 heteroatoms. The molecule has 76 valence electrons. The molecular weight excluding hydrogens is 188 g/mol. The maximum atomic E-state index is 11.6. The van der Waals surface area contributed by atoms with E-state index in [9.17, 15) is 4.79 Å². The lowest BCUT2D eigenvalue weighted by Crippen LogP contribution is -2.21. The standard InChI is InChI=1S/C13H12O2/c1-3-10-4-6-11(7-5-10)13(8-9-13)12(14)15-2/h1,4-7H,8-9H2,2H3. The highest BCUT2D eigenvalue weighted by Gasteiger charge is 2.52. The molecule has 1 saturated carbocycles. The fourth-order valence-electron chi connectivity index (χ4n) is 1.82. The summed E-state index contributed by atoms with van der Waals surface area (Å²) in [6.45, 7) is 0. The first-order valence-electron chi connectivity index (χ1n) is 4.88. The Morgan fingerprint density at radius 2 is 2.00 bits per heavy atom. The van der Waals surface area contributed by atoms with Gasteiger partial charge in [-0.25, -0.2) is 0 Å². The fourth-order valence-corrected chi connectivity index (χ4v) is 1.82. The predicted octanol–water partition coefficient (Wildman–Crippen LogP) is 1.87. The zero-order chi connectivity index (χ0) is 10.9. The molecule has 1 fully saturated rings. The van der Waals surface area contributed by atoms with Gasteiger partial charge < -0.3 is 4.74 Å². The summed E-state index contributed by atoms with van der Waals surface area (Å²) < 4.78 is 4.81. The van der Waals surface area contributed by atoms with Crippen LogP contribution in [0, 0.1) is 12.3 Å². The molecule has 1 aromatic rings. The van der Waals surface area contributed by atoms with Crippen LogP contribution in [0.5, 0.6) is 0 Å². The number of carbonyl (C=O) groups is 1. The summed E-state index contributed by atoms with van der Waals surface area (Å²) in [5.41, 5.74) is 1.45. The number of hydrogen-bond acceptors (Lipinski definition) is 2. The normalized spacial score (nSPS) is 16.5. The number of carbonyl (C=O) groups excluding carboxylic acids is 1. The van der Waals surface area contributed by atoms with Gasteiger partial charge in [0.2, 0.25) is 0 Å². The highest BCUT2D eigenvalue weighted by molar-refractivity contribution is 5.86. The Balaban J connectivity index is 2.31. The number of ether oxygens (including phenoxy) is 1. The molecule has 1 aliphatic rings. The van der Waals surface area contributed by atoms with Gasteiger partial charge in [0.05, 0.1) is 12.5 Å². The Bertz CT molecular complexity index is 419. The van der Waals surface area contributed by atoms with E-state index >= 15 is 0 Å². The summed E-state index contributed by atoms with van der Waals surface area (Å²) in [6, 6.07) is 7.55. The molecule has 2 rings (SSSR count). The largest absolute Gasteiger partial charge is 0.468 e. The number of hydrogen-bond donors (Lipinski definition) is 0. The lowest BCUT2D eigenvalue weighted by atomic mass is 9.95. The Kier molecular flexibility index (Phi) is 2.24. The average Bonchev–Trinajstić information content (AvgIpc) is 3.09. The molecule has 0 N–H and O–H groups in total. The van der Waals surface area contributed by atoms with Crippen molar-refractivity contribution in [2.24, 2.45) is 0 Å². The monoisotopic (exact) mass is 200 g/mol.